The van der Waals surface area contributed by atoms with Gasteiger partial charge in [-0.15, -0.1) is 24.7 Å². The van der Waals surface area contributed by atoms with Gasteiger partial charge in [0.25, 0.3) is 0 Å². The maximum atomic E-state index is 11.0. The van der Waals surface area contributed by atoms with Gasteiger partial charge in [-0.3, -0.25) is 0 Å². The van der Waals surface area contributed by atoms with Crippen LogP contribution in [0.15, 0.2) is 95.9 Å². The van der Waals surface area contributed by atoms with Crippen LogP contribution in [-0.2, 0) is 32.0 Å². The molecular weight excluding hydrogens is 380 g/mol. The zero-order valence-corrected chi connectivity index (χ0v) is 18.1. The Morgan fingerprint density at radius 1 is 0.893 bits per heavy atom. The van der Waals surface area contributed by atoms with Gasteiger partial charge in [-0.05, 0) is 12.8 Å². The molecule has 0 spiro atoms. The predicted octanol–water partition coefficient (Wildman–Crippen LogP) is 5.33. The van der Waals surface area contributed by atoms with Gasteiger partial charge in [0.1, 0.15) is 0 Å². The van der Waals surface area contributed by atoms with E-state index in [-0.39, 0.29) is 11.5 Å². The molecule has 0 amide bonds. The fourth-order valence-electron chi connectivity index (χ4n) is 2.46. The van der Waals surface area contributed by atoms with Gasteiger partial charge in [0.2, 0.25) is 0 Å². The second kappa shape index (κ2) is 14.7. The summed E-state index contributed by atoms with van der Waals surface area (Å²) in [4.78, 5) is 0. The monoisotopic (exact) mass is 408 g/mol. The third-order valence-corrected chi connectivity index (χ3v) is 5.69. The number of allylic oxidation sites excluding steroid dienone is 6. The van der Waals surface area contributed by atoms with Crippen LogP contribution in [0.1, 0.15) is 24.5 Å². The molecule has 0 N–H and O–H groups in total. The summed E-state index contributed by atoms with van der Waals surface area (Å²) in [6.45, 7) is 9.39. The van der Waals surface area contributed by atoms with Crippen LogP contribution in [-0.4, -0.2) is 0 Å². The molecule has 0 saturated carbocycles. The van der Waals surface area contributed by atoms with Crippen molar-refractivity contribution in [1.29, 1.82) is 0 Å². The molecule has 0 saturated heterocycles. The molecule has 28 heavy (non-hydrogen) atoms. The fourth-order valence-corrected chi connectivity index (χ4v) is 3.91. The predicted molar refractivity (Wildman–Crippen MR) is 112 cm³/mol. The first kappa shape index (κ1) is 23.8. The molecule has 1 aliphatic carbocycles. The van der Waals surface area contributed by atoms with Gasteiger partial charge in [0.15, 0.2) is 0 Å². The van der Waals surface area contributed by atoms with Gasteiger partial charge in [0.05, 0.1) is 0 Å². The van der Waals surface area contributed by atoms with Crippen LogP contribution in [0.5, 0.6) is 11.5 Å². The third kappa shape index (κ3) is 9.59. The van der Waals surface area contributed by atoms with E-state index >= 15 is 0 Å². The molecule has 0 bridgehead atoms. The Labute approximate surface area is 178 Å². The van der Waals surface area contributed by atoms with Crippen LogP contribution in [0.4, 0.5) is 0 Å². The van der Waals surface area contributed by atoms with Crippen molar-refractivity contribution < 1.29 is 29.4 Å². The van der Waals surface area contributed by atoms with Crippen molar-refractivity contribution in [1.82, 2.24) is 0 Å². The van der Waals surface area contributed by atoms with Crippen LogP contribution in [0, 0.1) is 0 Å². The van der Waals surface area contributed by atoms with Crippen molar-refractivity contribution in [3.8, 4) is 11.5 Å². The minimum atomic E-state index is 0.0994. The molecule has 0 unspecified atom stereocenters. The molecule has 2 nitrogen and oxygen atoms in total. The van der Waals surface area contributed by atoms with Gasteiger partial charge >= 0.3 is 59.3 Å². The zero-order valence-electron chi connectivity index (χ0n) is 16.6. The van der Waals surface area contributed by atoms with E-state index in [1.54, 1.807) is 40.3 Å². The second-order valence-corrected chi connectivity index (χ2v) is 8.71. The average molecular weight is 408 g/mol. The van der Waals surface area contributed by atoms with E-state index in [9.17, 15) is 10.2 Å². The van der Waals surface area contributed by atoms with Crippen molar-refractivity contribution in [3.63, 3.8) is 0 Å². The summed E-state index contributed by atoms with van der Waals surface area (Å²) < 4.78 is 3.13. The molecule has 0 heterocycles. The first-order chi connectivity index (χ1) is 13.6. The van der Waals surface area contributed by atoms with Crippen LogP contribution < -0.4 is 10.2 Å². The maximum absolute atomic E-state index is 11.0. The summed E-state index contributed by atoms with van der Waals surface area (Å²) in [7, 11) is 0. The van der Waals surface area contributed by atoms with Crippen molar-refractivity contribution in [2.24, 2.45) is 0 Å². The van der Waals surface area contributed by atoms with E-state index in [0.29, 0.717) is 32.0 Å². The SMILES string of the molecule is C=CCc1ccccc1[O-].C=CCc1ccccc1[O-].C[CH2][Ti+2][C]1=CC=CC1. The molecule has 0 fully saturated rings. The Morgan fingerprint density at radius 3 is 1.75 bits per heavy atom. The number of benzene rings is 2. The van der Waals surface area contributed by atoms with Crippen LogP contribution in [0.3, 0.4) is 0 Å². The summed E-state index contributed by atoms with van der Waals surface area (Å²) >= 11 is 0.306. The van der Waals surface area contributed by atoms with Crippen LogP contribution in [0.25, 0.3) is 0 Å². The summed E-state index contributed by atoms with van der Waals surface area (Å²) in [6.07, 6.45) is 12.8. The fraction of sp³-hybridized carbons (Fsp3) is 0.200. The average Bonchev–Trinajstić information content (AvgIpc) is 3.21. The number of hydrogen-bond acceptors (Lipinski definition) is 2. The molecule has 0 radical (unpaired) electrons. The molecule has 1 aliphatic rings. The normalized spacial score (nSPS) is 11.1. The van der Waals surface area contributed by atoms with Crippen molar-refractivity contribution in [2.75, 3.05) is 0 Å². The zero-order chi connectivity index (χ0) is 20.6. The molecule has 3 rings (SSSR count). The van der Waals surface area contributed by atoms with Crippen LogP contribution in [0.2, 0.25) is 4.73 Å². The van der Waals surface area contributed by atoms with Gasteiger partial charge in [-0.25, -0.2) is 0 Å². The number of para-hydroxylation sites is 2. The van der Waals surface area contributed by atoms with E-state index < -0.39 is 0 Å². The number of rotatable bonds is 6. The Morgan fingerprint density at radius 2 is 1.39 bits per heavy atom. The van der Waals surface area contributed by atoms with E-state index in [2.05, 4.69) is 38.3 Å². The van der Waals surface area contributed by atoms with E-state index in [0.717, 1.165) is 11.1 Å². The summed E-state index contributed by atoms with van der Waals surface area (Å²) in [5.41, 5.74) is 1.63. The molecule has 2 aromatic rings. The van der Waals surface area contributed by atoms with Crippen molar-refractivity contribution in [2.45, 2.75) is 30.9 Å². The Hall–Kier alpha value is -2.29. The quantitative estimate of drug-likeness (QED) is 0.479. The topological polar surface area (TPSA) is 46.1 Å². The third-order valence-electron chi connectivity index (χ3n) is 3.85. The minimum absolute atomic E-state index is 0.0994. The molecule has 2 aromatic carbocycles. The number of hydrogen-bond donors (Lipinski definition) is 0. The van der Waals surface area contributed by atoms with E-state index in [4.69, 9.17) is 0 Å². The Bertz CT molecular complexity index is 739. The van der Waals surface area contributed by atoms with E-state index in [1.165, 1.54) is 11.1 Å². The summed E-state index contributed by atoms with van der Waals surface area (Å²) in [5, 5.41) is 21.9. The molecule has 0 atom stereocenters. The van der Waals surface area contributed by atoms with Crippen molar-refractivity contribution >= 4 is 0 Å². The standard InChI is InChI=1S/2C9H10O.C5H5.C2H5.Ti/c2*1-2-5-8-6-3-4-7-9(8)10;1-2-4-5-3-1;1-2;/h2*2-4,6-7,10H,1,5H2;1-3H,4H2;1H2,2H3;/q;;;;+2/p-2. The first-order valence-corrected chi connectivity index (χ1v) is 11.3. The molecular formula is C25H28O2Ti. The van der Waals surface area contributed by atoms with Gasteiger partial charge < -0.3 is 10.2 Å². The van der Waals surface area contributed by atoms with Crippen molar-refractivity contribution in [3.05, 3.63) is 107 Å². The summed E-state index contributed by atoms with van der Waals surface area (Å²) in [6, 6.07) is 14.0. The second-order valence-electron chi connectivity index (χ2n) is 6.06. The molecule has 0 aromatic heterocycles. The van der Waals surface area contributed by atoms with Crippen LogP contribution >= 0.6 is 0 Å². The molecule has 3 heteroatoms. The Kier molecular flexibility index (Phi) is 12.5. The Balaban J connectivity index is 0.000000212. The summed E-state index contributed by atoms with van der Waals surface area (Å²) in [5.74, 6) is 0.199. The van der Waals surface area contributed by atoms with Gasteiger partial charge in [-0.1, -0.05) is 71.8 Å². The van der Waals surface area contributed by atoms with Gasteiger partial charge in [0, 0.05) is 0 Å². The van der Waals surface area contributed by atoms with Gasteiger partial charge in [-0.2, -0.15) is 0 Å². The van der Waals surface area contributed by atoms with E-state index in [1.807, 2.05) is 24.3 Å². The first-order valence-electron chi connectivity index (χ1n) is 9.43. The molecule has 0 aliphatic heterocycles. The molecule has 144 valence electrons.